The van der Waals surface area contributed by atoms with E-state index in [4.69, 9.17) is 0 Å². The molecule has 1 fully saturated rings. The Morgan fingerprint density at radius 2 is 2.07 bits per heavy atom. The lowest BCUT2D eigenvalue weighted by atomic mass is 10.0. The van der Waals surface area contributed by atoms with Crippen molar-refractivity contribution in [2.24, 2.45) is 4.99 Å². The number of guanidine groups is 1. The highest BCUT2D eigenvalue weighted by molar-refractivity contribution is 14.0. The van der Waals surface area contributed by atoms with Gasteiger partial charge in [-0.2, -0.15) is 0 Å². The number of sulfonamides is 1. The average Bonchev–Trinajstić information content (AvgIpc) is 2.71. The fourth-order valence-electron chi connectivity index (χ4n) is 3.48. The van der Waals surface area contributed by atoms with Gasteiger partial charge in [-0.1, -0.05) is 25.5 Å². The molecule has 160 valence electrons. The summed E-state index contributed by atoms with van der Waals surface area (Å²) in [6, 6.07) is 7.61. The van der Waals surface area contributed by atoms with Gasteiger partial charge in [0.05, 0.1) is 4.90 Å². The SMILES string of the molecule is CCC1CCCCN1CCNC(=NC)NCc1cccc(S(=O)(=O)NC)c1.I. The molecular weight excluding hydrogens is 489 g/mol. The number of nitrogens with zero attached hydrogens (tertiary/aromatic N) is 2. The molecule has 0 amide bonds. The molecule has 2 rings (SSSR count). The van der Waals surface area contributed by atoms with Crippen molar-refractivity contribution in [3.8, 4) is 0 Å². The zero-order chi connectivity index (χ0) is 19.7. The number of nitrogens with one attached hydrogen (secondary N) is 3. The van der Waals surface area contributed by atoms with Crippen LogP contribution in [0, 0.1) is 0 Å². The first kappa shape index (κ1) is 25.1. The van der Waals surface area contributed by atoms with Crippen molar-refractivity contribution in [1.29, 1.82) is 0 Å². The molecule has 0 saturated carbocycles. The van der Waals surface area contributed by atoms with Crippen LogP contribution < -0.4 is 15.4 Å². The number of aliphatic imine (C=N–C) groups is 1. The fourth-order valence-corrected chi connectivity index (χ4v) is 4.28. The zero-order valence-corrected chi connectivity index (χ0v) is 20.2. The minimum Gasteiger partial charge on any atom is -0.355 e. The third-order valence-corrected chi connectivity index (χ3v) is 6.48. The van der Waals surface area contributed by atoms with E-state index in [1.54, 1.807) is 25.2 Å². The normalized spacial score (nSPS) is 18.4. The summed E-state index contributed by atoms with van der Waals surface area (Å²) >= 11 is 0. The van der Waals surface area contributed by atoms with E-state index in [1.807, 2.05) is 6.07 Å². The minimum atomic E-state index is -3.43. The Balaban J connectivity index is 0.00000392. The Morgan fingerprint density at radius 1 is 1.29 bits per heavy atom. The molecule has 1 heterocycles. The van der Waals surface area contributed by atoms with Gasteiger partial charge in [0.15, 0.2) is 5.96 Å². The monoisotopic (exact) mass is 523 g/mol. The zero-order valence-electron chi connectivity index (χ0n) is 17.1. The van der Waals surface area contributed by atoms with Gasteiger partial charge in [-0.05, 0) is 50.6 Å². The van der Waals surface area contributed by atoms with Crippen molar-refractivity contribution in [1.82, 2.24) is 20.3 Å². The number of benzene rings is 1. The molecular formula is C19H34IN5O2S. The van der Waals surface area contributed by atoms with Crippen LogP contribution in [0.5, 0.6) is 0 Å². The van der Waals surface area contributed by atoms with Crippen LogP contribution in [0.3, 0.4) is 0 Å². The van der Waals surface area contributed by atoms with E-state index < -0.39 is 10.0 Å². The first-order valence-electron chi connectivity index (χ1n) is 9.71. The maximum absolute atomic E-state index is 11.9. The van der Waals surface area contributed by atoms with Crippen molar-refractivity contribution >= 4 is 40.0 Å². The summed E-state index contributed by atoms with van der Waals surface area (Å²) in [5.41, 5.74) is 0.886. The van der Waals surface area contributed by atoms with E-state index >= 15 is 0 Å². The Morgan fingerprint density at radius 3 is 2.75 bits per heavy atom. The second kappa shape index (κ2) is 12.6. The first-order chi connectivity index (χ1) is 13.0. The van der Waals surface area contributed by atoms with Gasteiger partial charge in [-0.15, -0.1) is 24.0 Å². The van der Waals surface area contributed by atoms with Gasteiger partial charge in [-0.25, -0.2) is 13.1 Å². The van der Waals surface area contributed by atoms with Crippen LogP contribution in [0.25, 0.3) is 0 Å². The molecule has 0 spiro atoms. The molecule has 1 aliphatic rings. The first-order valence-corrected chi connectivity index (χ1v) is 11.2. The van der Waals surface area contributed by atoms with E-state index in [-0.39, 0.29) is 28.9 Å². The third kappa shape index (κ3) is 7.49. The molecule has 1 unspecified atom stereocenters. The number of hydrogen-bond acceptors (Lipinski definition) is 4. The molecule has 1 aliphatic heterocycles. The molecule has 0 aromatic heterocycles. The summed E-state index contributed by atoms with van der Waals surface area (Å²) in [6.45, 7) is 5.80. The minimum absolute atomic E-state index is 0. The number of halogens is 1. The summed E-state index contributed by atoms with van der Waals surface area (Å²) in [5.74, 6) is 0.724. The molecule has 1 aromatic carbocycles. The maximum atomic E-state index is 11.9. The summed E-state index contributed by atoms with van der Waals surface area (Å²) in [7, 11) is -0.271. The molecule has 7 nitrogen and oxygen atoms in total. The second-order valence-corrected chi connectivity index (χ2v) is 8.69. The Bertz CT molecular complexity index is 727. The summed E-state index contributed by atoms with van der Waals surface area (Å²) in [5, 5.41) is 6.60. The van der Waals surface area contributed by atoms with Crippen LogP contribution in [0.1, 0.15) is 38.2 Å². The maximum Gasteiger partial charge on any atom is 0.240 e. The molecule has 3 N–H and O–H groups in total. The van der Waals surface area contributed by atoms with Crippen molar-refractivity contribution in [3.05, 3.63) is 29.8 Å². The van der Waals surface area contributed by atoms with Gasteiger partial charge >= 0.3 is 0 Å². The van der Waals surface area contributed by atoms with Crippen LogP contribution in [0.15, 0.2) is 34.2 Å². The average molecular weight is 523 g/mol. The lowest BCUT2D eigenvalue weighted by Gasteiger charge is -2.35. The molecule has 0 radical (unpaired) electrons. The third-order valence-electron chi connectivity index (χ3n) is 5.07. The Labute approximate surface area is 186 Å². The highest BCUT2D eigenvalue weighted by Crippen LogP contribution is 2.18. The molecule has 9 heteroatoms. The smallest absolute Gasteiger partial charge is 0.240 e. The van der Waals surface area contributed by atoms with E-state index in [1.165, 1.54) is 39.3 Å². The van der Waals surface area contributed by atoms with Crippen LogP contribution in [-0.4, -0.2) is 59.0 Å². The van der Waals surface area contributed by atoms with E-state index in [0.29, 0.717) is 12.6 Å². The Kier molecular flexibility index (Phi) is 11.3. The predicted octanol–water partition coefficient (Wildman–Crippen LogP) is 2.14. The van der Waals surface area contributed by atoms with Crippen molar-refractivity contribution < 1.29 is 8.42 Å². The number of hydrogen-bond donors (Lipinski definition) is 3. The highest BCUT2D eigenvalue weighted by Gasteiger charge is 2.20. The van der Waals surface area contributed by atoms with Crippen molar-refractivity contribution in [2.75, 3.05) is 33.7 Å². The summed E-state index contributed by atoms with van der Waals surface area (Å²) < 4.78 is 26.2. The number of piperidine rings is 1. The lowest BCUT2D eigenvalue weighted by molar-refractivity contribution is 0.147. The Hall–Kier alpha value is -0.910. The molecule has 1 atom stereocenters. The van der Waals surface area contributed by atoms with E-state index in [0.717, 1.165) is 24.6 Å². The second-order valence-electron chi connectivity index (χ2n) is 6.80. The van der Waals surface area contributed by atoms with Gasteiger partial charge < -0.3 is 10.6 Å². The van der Waals surface area contributed by atoms with Crippen molar-refractivity contribution in [3.63, 3.8) is 0 Å². The van der Waals surface area contributed by atoms with Gasteiger partial charge in [0.25, 0.3) is 0 Å². The molecule has 28 heavy (non-hydrogen) atoms. The lowest BCUT2D eigenvalue weighted by Crippen LogP contribution is -2.45. The van der Waals surface area contributed by atoms with E-state index in [9.17, 15) is 8.42 Å². The fraction of sp³-hybridized carbons (Fsp3) is 0.632. The summed E-state index contributed by atoms with van der Waals surface area (Å²) in [4.78, 5) is 7.09. The van der Waals surface area contributed by atoms with Crippen LogP contribution in [0.2, 0.25) is 0 Å². The quantitative estimate of drug-likeness (QED) is 0.276. The molecule has 0 aliphatic carbocycles. The highest BCUT2D eigenvalue weighted by atomic mass is 127. The topological polar surface area (TPSA) is 85.8 Å². The predicted molar refractivity (Wildman–Crippen MR) is 126 cm³/mol. The standard InChI is InChI=1S/C19H33N5O2S.HI/c1-4-17-9-5-6-12-24(17)13-11-22-19(20-2)23-15-16-8-7-10-18(14-16)27(25,26)21-3;/h7-8,10,14,17,21H,4-6,9,11-13,15H2,1-3H3,(H2,20,22,23);1H. The molecule has 1 aromatic rings. The van der Waals surface area contributed by atoms with Gasteiger partial charge in [0.2, 0.25) is 10.0 Å². The number of likely N-dealkylation sites (tertiary alicyclic amines) is 1. The van der Waals surface area contributed by atoms with E-state index in [2.05, 4.69) is 32.2 Å². The van der Waals surface area contributed by atoms with Gasteiger partial charge in [-0.3, -0.25) is 9.89 Å². The largest absolute Gasteiger partial charge is 0.355 e. The van der Waals surface area contributed by atoms with Gasteiger partial charge in [0, 0.05) is 32.7 Å². The van der Waals surface area contributed by atoms with Gasteiger partial charge in [0.1, 0.15) is 0 Å². The molecule has 0 bridgehead atoms. The van der Waals surface area contributed by atoms with Crippen LogP contribution in [-0.2, 0) is 16.6 Å². The molecule has 1 saturated heterocycles. The summed E-state index contributed by atoms with van der Waals surface area (Å²) in [6.07, 6.45) is 5.14. The van der Waals surface area contributed by atoms with Crippen molar-refractivity contribution in [2.45, 2.75) is 50.1 Å². The van der Waals surface area contributed by atoms with Crippen LogP contribution >= 0.6 is 24.0 Å². The number of rotatable bonds is 8. The van der Waals surface area contributed by atoms with Crippen LogP contribution in [0.4, 0.5) is 0 Å².